The normalized spacial score (nSPS) is 15.1. The van der Waals surface area contributed by atoms with Gasteiger partial charge < -0.3 is 24.3 Å². The van der Waals surface area contributed by atoms with Crippen molar-refractivity contribution in [2.24, 2.45) is 0 Å². The van der Waals surface area contributed by atoms with Crippen molar-refractivity contribution in [1.82, 2.24) is 9.88 Å². The lowest BCUT2D eigenvalue weighted by Gasteiger charge is -2.19. The second-order valence-electron chi connectivity index (χ2n) is 8.53. The second kappa shape index (κ2) is 12.0. The first kappa shape index (κ1) is 27.5. The third-order valence-corrected chi connectivity index (χ3v) is 6.62. The summed E-state index contributed by atoms with van der Waals surface area (Å²) < 4.78 is 22.4. The van der Waals surface area contributed by atoms with Crippen LogP contribution in [0.5, 0.6) is 28.9 Å². The number of ether oxygens (including phenoxy) is 4. The average molecular weight is 579 g/mol. The van der Waals surface area contributed by atoms with Crippen LogP contribution in [-0.2, 0) is 9.59 Å². The van der Waals surface area contributed by atoms with E-state index >= 15 is 0 Å². The SMILES string of the molecule is CCOc1cc(/C=C2\SC(=O)N(CC(=O)Nc3ccc4c(c3)OCCO4)C2=O)ccc1Oc1ccc([N+](=O)[O-])cn1. The molecule has 0 saturated carbocycles. The number of pyridine rings is 1. The van der Waals surface area contributed by atoms with E-state index < -0.39 is 28.5 Å². The molecule has 41 heavy (non-hydrogen) atoms. The molecule has 0 bridgehead atoms. The molecule has 0 atom stereocenters. The summed E-state index contributed by atoms with van der Waals surface area (Å²) in [4.78, 5) is 53.4. The lowest BCUT2D eigenvalue weighted by molar-refractivity contribution is -0.385. The highest BCUT2D eigenvalue weighted by molar-refractivity contribution is 8.18. The molecule has 0 spiro atoms. The number of carbonyl (C=O) groups is 3. The molecule has 3 amide bonds. The lowest BCUT2D eigenvalue weighted by atomic mass is 10.2. The Morgan fingerprint density at radius 1 is 1.12 bits per heavy atom. The number of anilines is 1. The van der Waals surface area contributed by atoms with Crippen molar-refractivity contribution >= 4 is 46.3 Å². The van der Waals surface area contributed by atoms with Crippen LogP contribution in [0.15, 0.2) is 59.6 Å². The topological polar surface area (TPSA) is 159 Å². The highest BCUT2D eigenvalue weighted by Gasteiger charge is 2.36. The fourth-order valence-corrected chi connectivity index (χ4v) is 4.71. The number of imide groups is 1. The maximum absolute atomic E-state index is 13.0. The smallest absolute Gasteiger partial charge is 0.294 e. The molecule has 3 heterocycles. The minimum Gasteiger partial charge on any atom is -0.490 e. The standard InChI is InChI=1S/C27H22N4O9S/c1-2-37-21-11-16(3-6-20(21)40-25-8-5-18(14-28-25)31(35)36)12-23-26(33)30(27(34)41-23)15-24(32)29-17-4-7-19-22(13-17)39-10-9-38-19/h3-8,11-14H,2,9-10,15H2,1H3,(H,29,32)/b23-12-. The molecule has 2 aliphatic rings. The molecule has 13 nitrogen and oxygen atoms in total. The minimum atomic E-state index is -0.606. The first-order valence-electron chi connectivity index (χ1n) is 12.3. The Morgan fingerprint density at radius 2 is 1.93 bits per heavy atom. The maximum Gasteiger partial charge on any atom is 0.294 e. The number of aromatic nitrogens is 1. The number of rotatable bonds is 9. The molecule has 0 aliphatic carbocycles. The van der Waals surface area contributed by atoms with E-state index in [2.05, 4.69) is 10.3 Å². The molecule has 1 saturated heterocycles. The van der Waals surface area contributed by atoms with Crippen LogP contribution in [0.4, 0.5) is 16.2 Å². The van der Waals surface area contributed by atoms with Crippen LogP contribution in [0.1, 0.15) is 12.5 Å². The number of fused-ring (bicyclic) bond motifs is 1. The van der Waals surface area contributed by atoms with Crippen molar-refractivity contribution in [2.45, 2.75) is 6.92 Å². The third kappa shape index (κ3) is 6.38. The van der Waals surface area contributed by atoms with E-state index in [4.69, 9.17) is 18.9 Å². The van der Waals surface area contributed by atoms with Crippen LogP contribution >= 0.6 is 11.8 Å². The van der Waals surface area contributed by atoms with E-state index in [1.54, 1.807) is 43.3 Å². The number of carbonyl (C=O) groups excluding carboxylic acids is 3. The molecule has 3 aromatic rings. The van der Waals surface area contributed by atoms with Crippen molar-refractivity contribution < 1.29 is 38.3 Å². The highest BCUT2D eigenvalue weighted by atomic mass is 32.2. The largest absolute Gasteiger partial charge is 0.490 e. The molecule has 0 radical (unpaired) electrons. The number of benzene rings is 2. The summed E-state index contributed by atoms with van der Waals surface area (Å²) in [6.45, 7) is 2.46. The Morgan fingerprint density at radius 3 is 2.66 bits per heavy atom. The molecule has 1 fully saturated rings. The van der Waals surface area contributed by atoms with Gasteiger partial charge in [0, 0.05) is 23.9 Å². The summed E-state index contributed by atoms with van der Waals surface area (Å²) in [5, 5.41) is 12.9. The molecule has 0 unspecified atom stereocenters. The molecule has 2 aromatic carbocycles. The number of nitrogens with zero attached hydrogens (tertiary/aromatic N) is 3. The van der Waals surface area contributed by atoms with E-state index in [1.807, 2.05) is 0 Å². The molecular formula is C27H22N4O9S. The highest BCUT2D eigenvalue weighted by Crippen LogP contribution is 2.36. The van der Waals surface area contributed by atoms with Gasteiger partial charge in [-0.2, -0.15) is 0 Å². The van der Waals surface area contributed by atoms with E-state index in [0.717, 1.165) is 22.9 Å². The van der Waals surface area contributed by atoms with E-state index in [0.29, 0.717) is 54.1 Å². The summed E-state index contributed by atoms with van der Waals surface area (Å²) in [7, 11) is 0. The predicted molar refractivity (Wildman–Crippen MR) is 147 cm³/mol. The van der Waals surface area contributed by atoms with Gasteiger partial charge in [0.25, 0.3) is 16.8 Å². The van der Waals surface area contributed by atoms with Gasteiger partial charge in [0.2, 0.25) is 11.8 Å². The quantitative estimate of drug-likeness (QED) is 0.214. The Bertz CT molecular complexity index is 1560. The fraction of sp³-hybridized carbons (Fsp3) is 0.185. The minimum absolute atomic E-state index is 0.125. The van der Waals surface area contributed by atoms with Gasteiger partial charge in [-0.1, -0.05) is 6.07 Å². The average Bonchev–Trinajstić information content (AvgIpc) is 3.22. The zero-order chi connectivity index (χ0) is 28.9. The van der Waals surface area contributed by atoms with Crippen LogP contribution in [0.2, 0.25) is 0 Å². The molecule has 1 aromatic heterocycles. The van der Waals surface area contributed by atoms with Crippen molar-refractivity contribution in [1.29, 1.82) is 0 Å². The monoisotopic (exact) mass is 578 g/mol. The second-order valence-corrected chi connectivity index (χ2v) is 9.52. The summed E-state index contributed by atoms with van der Waals surface area (Å²) in [5.74, 6) is 0.667. The van der Waals surface area contributed by atoms with Gasteiger partial charge in [-0.15, -0.1) is 0 Å². The van der Waals surface area contributed by atoms with Gasteiger partial charge in [0.1, 0.15) is 26.0 Å². The zero-order valence-electron chi connectivity index (χ0n) is 21.5. The van der Waals surface area contributed by atoms with E-state index in [1.165, 1.54) is 18.2 Å². The molecule has 1 N–H and O–H groups in total. The van der Waals surface area contributed by atoms with Gasteiger partial charge in [-0.05, 0) is 54.6 Å². The lowest BCUT2D eigenvalue weighted by Crippen LogP contribution is -2.36. The fourth-order valence-electron chi connectivity index (χ4n) is 3.87. The van der Waals surface area contributed by atoms with Crippen molar-refractivity contribution in [3.8, 4) is 28.9 Å². The number of nitrogens with one attached hydrogen (secondary N) is 1. The first-order chi connectivity index (χ1) is 19.8. The van der Waals surface area contributed by atoms with Gasteiger partial charge in [-0.25, -0.2) is 4.98 Å². The van der Waals surface area contributed by atoms with Gasteiger partial charge in [0.05, 0.1) is 16.4 Å². The number of thioether (sulfide) groups is 1. The van der Waals surface area contributed by atoms with Crippen molar-refractivity contribution in [3.63, 3.8) is 0 Å². The van der Waals surface area contributed by atoms with Crippen LogP contribution in [0, 0.1) is 10.1 Å². The van der Waals surface area contributed by atoms with E-state index in [-0.39, 0.29) is 16.5 Å². The Balaban J connectivity index is 1.26. The molecular weight excluding hydrogens is 556 g/mol. The summed E-state index contributed by atoms with van der Waals surface area (Å²) in [6, 6.07) is 12.4. The molecule has 14 heteroatoms. The Hall–Kier alpha value is -5.11. The number of hydrogen-bond donors (Lipinski definition) is 1. The Kier molecular flexibility index (Phi) is 8.01. The first-order valence-corrected chi connectivity index (χ1v) is 13.1. The van der Waals surface area contributed by atoms with Crippen LogP contribution in [-0.4, -0.2) is 58.2 Å². The third-order valence-electron chi connectivity index (χ3n) is 5.71. The number of hydrogen-bond acceptors (Lipinski definition) is 11. The zero-order valence-corrected chi connectivity index (χ0v) is 22.3. The van der Waals surface area contributed by atoms with Crippen LogP contribution in [0.3, 0.4) is 0 Å². The number of nitro groups is 1. The van der Waals surface area contributed by atoms with Gasteiger partial charge in [-0.3, -0.25) is 29.4 Å². The molecule has 210 valence electrons. The molecule has 2 aliphatic heterocycles. The maximum atomic E-state index is 13.0. The van der Waals surface area contributed by atoms with Gasteiger partial charge >= 0.3 is 0 Å². The van der Waals surface area contributed by atoms with Crippen molar-refractivity contribution in [3.05, 3.63) is 75.3 Å². The van der Waals surface area contributed by atoms with E-state index in [9.17, 15) is 24.5 Å². The van der Waals surface area contributed by atoms with Crippen LogP contribution < -0.4 is 24.3 Å². The number of amides is 3. The van der Waals surface area contributed by atoms with Crippen LogP contribution in [0.25, 0.3) is 6.08 Å². The summed E-state index contributed by atoms with van der Waals surface area (Å²) in [5.41, 5.74) is 0.813. The Labute approximate surface area is 237 Å². The summed E-state index contributed by atoms with van der Waals surface area (Å²) >= 11 is 0.718. The van der Waals surface area contributed by atoms with Gasteiger partial charge in [0.15, 0.2) is 23.0 Å². The van der Waals surface area contributed by atoms with Crippen molar-refractivity contribution in [2.75, 3.05) is 31.7 Å². The predicted octanol–water partition coefficient (Wildman–Crippen LogP) is 4.63. The molecule has 5 rings (SSSR count). The summed E-state index contributed by atoms with van der Waals surface area (Å²) in [6.07, 6.45) is 2.59.